The predicted molar refractivity (Wildman–Crippen MR) is 96.4 cm³/mol. The Morgan fingerprint density at radius 3 is 2.04 bits per heavy atom. The number of hydrogen-bond acceptors (Lipinski definition) is 5. The number of carbonyl (C=O) groups excluding carboxylic acids is 3. The van der Waals surface area contributed by atoms with Crippen molar-refractivity contribution in [2.24, 2.45) is 5.90 Å². The van der Waals surface area contributed by atoms with E-state index in [4.69, 9.17) is 29.1 Å². The van der Waals surface area contributed by atoms with Gasteiger partial charge in [0.2, 0.25) is 0 Å². The van der Waals surface area contributed by atoms with E-state index in [0.717, 1.165) is 23.3 Å². The molecule has 1 aliphatic heterocycles. The second-order valence-corrected chi connectivity index (χ2v) is 7.38. The first-order chi connectivity index (χ1) is 12.3. The fourth-order valence-corrected chi connectivity index (χ4v) is 4.31. The van der Waals surface area contributed by atoms with E-state index in [9.17, 15) is 14.4 Å². The summed E-state index contributed by atoms with van der Waals surface area (Å²) in [6.45, 7) is 3.63. The Kier molecular flexibility index (Phi) is 5.10. The SMILES string of the molecule is CC(C)=C1CC(N2C(=O)C3=C(CCCC3)C2=O)=C(Cl)C(C(=O)ON)=C1Cl. The second kappa shape index (κ2) is 7.02. The van der Waals surface area contributed by atoms with Gasteiger partial charge in [-0.2, -0.15) is 5.90 Å². The number of hydrogen-bond donors (Lipinski definition) is 1. The normalized spacial score (nSPS) is 21.0. The zero-order chi connectivity index (χ0) is 19.2. The zero-order valence-electron chi connectivity index (χ0n) is 14.4. The van der Waals surface area contributed by atoms with Gasteiger partial charge in [0.1, 0.15) is 5.57 Å². The van der Waals surface area contributed by atoms with Crippen LogP contribution in [0.2, 0.25) is 0 Å². The van der Waals surface area contributed by atoms with Crippen LogP contribution in [0.25, 0.3) is 0 Å². The summed E-state index contributed by atoms with van der Waals surface area (Å²) in [6.07, 6.45) is 3.05. The highest BCUT2D eigenvalue weighted by molar-refractivity contribution is 6.41. The van der Waals surface area contributed by atoms with Gasteiger partial charge in [-0.05, 0) is 45.1 Å². The Morgan fingerprint density at radius 1 is 1.04 bits per heavy atom. The second-order valence-electron chi connectivity index (χ2n) is 6.62. The molecule has 26 heavy (non-hydrogen) atoms. The third kappa shape index (κ3) is 2.82. The summed E-state index contributed by atoms with van der Waals surface area (Å²) in [4.78, 5) is 43.2. The number of imide groups is 1. The van der Waals surface area contributed by atoms with Crippen LogP contribution in [0.3, 0.4) is 0 Å². The maximum absolute atomic E-state index is 12.8. The standard InChI is InChI=1S/C18H18Cl2N2O4/c1-8(2)11-7-12(15(20)13(14(11)19)18(25)26-21)22-16(23)9-5-3-4-6-10(9)17(22)24/h3-7,21H2,1-2H3. The number of allylic oxidation sites excluding steroid dienone is 3. The van der Waals surface area contributed by atoms with E-state index in [1.54, 1.807) is 0 Å². The molecule has 0 spiro atoms. The third-order valence-corrected chi connectivity index (χ3v) is 5.70. The Bertz CT molecular complexity index is 832. The van der Waals surface area contributed by atoms with Crippen LogP contribution in [0, 0.1) is 0 Å². The van der Waals surface area contributed by atoms with Gasteiger partial charge < -0.3 is 4.84 Å². The fourth-order valence-electron chi connectivity index (χ4n) is 3.51. The molecule has 6 nitrogen and oxygen atoms in total. The lowest BCUT2D eigenvalue weighted by molar-refractivity contribution is -0.140. The van der Waals surface area contributed by atoms with Crippen LogP contribution in [0.4, 0.5) is 0 Å². The van der Waals surface area contributed by atoms with Gasteiger partial charge in [-0.15, -0.1) is 0 Å². The average Bonchev–Trinajstić information content (AvgIpc) is 2.86. The molecule has 2 amide bonds. The van der Waals surface area contributed by atoms with Crippen molar-refractivity contribution in [3.05, 3.63) is 43.6 Å². The van der Waals surface area contributed by atoms with Gasteiger partial charge in [-0.3, -0.25) is 9.59 Å². The van der Waals surface area contributed by atoms with Crippen LogP contribution in [-0.4, -0.2) is 22.7 Å². The summed E-state index contributed by atoms with van der Waals surface area (Å²) in [5, 5.41) is 0.0306. The summed E-state index contributed by atoms with van der Waals surface area (Å²) < 4.78 is 0. The summed E-state index contributed by atoms with van der Waals surface area (Å²) in [5.41, 5.74) is 2.62. The minimum atomic E-state index is -0.923. The molecule has 2 aliphatic carbocycles. The van der Waals surface area contributed by atoms with Gasteiger partial charge in [0.25, 0.3) is 11.8 Å². The Labute approximate surface area is 160 Å². The van der Waals surface area contributed by atoms with Crippen molar-refractivity contribution < 1.29 is 19.2 Å². The van der Waals surface area contributed by atoms with E-state index in [1.165, 1.54) is 0 Å². The summed E-state index contributed by atoms with van der Waals surface area (Å²) >= 11 is 12.7. The first-order valence-corrected chi connectivity index (χ1v) is 9.02. The molecule has 3 aliphatic rings. The van der Waals surface area contributed by atoms with Crippen molar-refractivity contribution in [3.8, 4) is 0 Å². The van der Waals surface area contributed by atoms with E-state index in [2.05, 4.69) is 4.84 Å². The van der Waals surface area contributed by atoms with Gasteiger partial charge in [0.15, 0.2) is 0 Å². The van der Waals surface area contributed by atoms with Crippen molar-refractivity contribution in [1.29, 1.82) is 0 Å². The van der Waals surface area contributed by atoms with Crippen molar-refractivity contribution >= 4 is 41.0 Å². The summed E-state index contributed by atoms with van der Waals surface area (Å²) in [5.74, 6) is 3.34. The van der Waals surface area contributed by atoms with Crippen LogP contribution >= 0.6 is 23.2 Å². The molecule has 0 aromatic carbocycles. The van der Waals surface area contributed by atoms with E-state index in [-0.39, 0.29) is 39.6 Å². The molecule has 0 saturated carbocycles. The maximum Gasteiger partial charge on any atom is 0.359 e. The smallest absolute Gasteiger partial charge is 0.359 e. The maximum atomic E-state index is 12.8. The molecule has 138 valence electrons. The van der Waals surface area contributed by atoms with Gasteiger partial charge in [-0.1, -0.05) is 28.8 Å². The van der Waals surface area contributed by atoms with Crippen molar-refractivity contribution in [2.75, 3.05) is 0 Å². The minimum Gasteiger partial charge on any atom is -0.370 e. The van der Waals surface area contributed by atoms with Crippen molar-refractivity contribution in [2.45, 2.75) is 46.0 Å². The molecule has 2 N–H and O–H groups in total. The Morgan fingerprint density at radius 2 is 1.58 bits per heavy atom. The highest BCUT2D eigenvalue weighted by Crippen LogP contribution is 2.44. The third-order valence-electron chi connectivity index (χ3n) is 4.88. The minimum absolute atomic E-state index is 0.0861. The molecule has 8 heteroatoms. The number of halogens is 2. The number of nitrogens with zero attached hydrogens (tertiary/aromatic N) is 1. The van der Waals surface area contributed by atoms with E-state index in [1.807, 2.05) is 13.8 Å². The topological polar surface area (TPSA) is 89.7 Å². The monoisotopic (exact) mass is 396 g/mol. The van der Waals surface area contributed by atoms with Crippen LogP contribution < -0.4 is 5.90 Å². The highest BCUT2D eigenvalue weighted by atomic mass is 35.5. The van der Waals surface area contributed by atoms with Crippen molar-refractivity contribution in [1.82, 2.24) is 4.90 Å². The molecular weight excluding hydrogens is 379 g/mol. The Balaban J connectivity index is 2.14. The van der Waals surface area contributed by atoms with Crippen LogP contribution in [0.1, 0.15) is 46.0 Å². The molecule has 0 radical (unpaired) electrons. The molecule has 0 aromatic rings. The average molecular weight is 397 g/mol. The lowest BCUT2D eigenvalue weighted by Crippen LogP contribution is -2.34. The first-order valence-electron chi connectivity index (χ1n) is 8.27. The molecule has 0 atom stereocenters. The van der Waals surface area contributed by atoms with Gasteiger partial charge in [0.05, 0.1) is 15.8 Å². The highest BCUT2D eigenvalue weighted by Gasteiger charge is 2.43. The van der Waals surface area contributed by atoms with Crippen LogP contribution in [0.5, 0.6) is 0 Å². The summed E-state index contributed by atoms with van der Waals surface area (Å²) in [6, 6.07) is 0. The van der Waals surface area contributed by atoms with E-state index in [0.29, 0.717) is 29.6 Å². The Hall–Kier alpha value is -1.89. The number of nitrogens with two attached hydrogens (primary N) is 1. The first kappa shape index (κ1) is 18.9. The molecule has 3 rings (SSSR count). The van der Waals surface area contributed by atoms with Gasteiger partial charge in [0, 0.05) is 17.6 Å². The lowest BCUT2D eigenvalue weighted by atomic mass is 9.93. The van der Waals surface area contributed by atoms with Crippen LogP contribution in [0.15, 0.2) is 43.6 Å². The largest absolute Gasteiger partial charge is 0.370 e. The summed E-state index contributed by atoms with van der Waals surface area (Å²) in [7, 11) is 0. The van der Waals surface area contributed by atoms with E-state index >= 15 is 0 Å². The fraction of sp³-hybridized carbons (Fsp3) is 0.389. The zero-order valence-corrected chi connectivity index (χ0v) is 16.0. The number of carbonyl (C=O) groups is 3. The van der Waals surface area contributed by atoms with E-state index < -0.39 is 5.97 Å². The molecule has 0 bridgehead atoms. The predicted octanol–water partition coefficient (Wildman–Crippen LogP) is 3.33. The molecular formula is C18H18Cl2N2O4. The van der Waals surface area contributed by atoms with Crippen molar-refractivity contribution in [3.63, 3.8) is 0 Å². The quantitative estimate of drug-likeness (QED) is 0.570. The molecule has 0 saturated heterocycles. The molecule has 0 unspecified atom stereocenters. The lowest BCUT2D eigenvalue weighted by Gasteiger charge is -2.27. The van der Waals surface area contributed by atoms with Gasteiger partial charge >= 0.3 is 5.97 Å². The number of rotatable bonds is 2. The molecule has 0 fully saturated rings. The molecule has 1 heterocycles. The van der Waals surface area contributed by atoms with Gasteiger partial charge in [-0.25, -0.2) is 9.69 Å². The molecule has 0 aromatic heterocycles. The van der Waals surface area contributed by atoms with Crippen LogP contribution in [-0.2, 0) is 19.2 Å². The number of amides is 2.